The van der Waals surface area contributed by atoms with Crippen LogP contribution in [0.25, 0.3) is 0 Å². The van der Waals surface area contributed by atoms with Crippen molar-refractivity contribution >= 4 is 18.4 Å². The molecule has 5 nitrogen and oxygen atoms in total. The molecule has 1 heterocycles. The molecule has 27 heavy (non-hydrogen) atoms. The van der Waals surface area contributed by atoms with Gasteiger partial charge in [0.25, 0.3) is 0 Å². The number of carboxylic acids is 1. The lowest BCUT2D eigenvalue weighted by Gasteiger charge is -2.32. The molecular formula is C21H34ClNO4. The van der Waals surface area contributed by atoms with Crippen molar-refractivity contribution in [2.24, 2.45) is 0 Å². The molecule has 0 saturated carbocycles. The molecule has 1 saturated heterocycles. The van der Waals surface area contributed by atoms with Gasteiger partial charge < -0.3 is 14.6 Å². The summed E-state index contributed by atoms with van der Waals surface area (Å²) in [6, 6.07) is 8.11. The first-order chi connectivity index (χ1) is 12.7. The molecule has 1 fully saturated rings. The van der Waals surface area contributed by atoms with Crippen LogP contribution in [0.1, 0.15) is 63.5 Å². The van der Waals surface area contributed by atoms with Crippen molar-refractivity contribution in [1.29, 1.82) is 0 Å². The molecule has 6 heteroatoms. The van der Waals surface area contributed by atoms with Gasteiger partial charge in [-0.15, -0.1) is 12.4 Å². The fourth-order valence-corrected chi connectivity index (χ4v) is 3.24. The van der Waals surface area contributed by atoms with Gasteiger partial charge in [0.2, 0.25) is 0 Å². The van der Waals surface area contributed by atoms with Gasteiger partial charge in [-0.05, 0) is 24.1 Å². The topological polar surface area (TPSA) is 59.0 Å². The highest BCUT2D eigenvalue weighted by molar-refractivity contribution is 5.85. The standard InChI is InChI=1S/C21H33NO4.ClH/c1-2-3-4-5-6-7-14-25-19-10-8-9-18(16-19)20-17-22(13-15-26-20)12-11-21(23)24;/h8-10,16,20H,2-7,11-15,17H2,1H3,(H,23,24);1H. The molecule has 0 aliphatic carbocycles. The van der Waals surface area contributed by atoms with E-state index in [1.165, 1.54) is 32.1 Å². The number of carbonyl (C=O) groups is 1. The van der Waals surface area contributed by atoms with Gasteiger partial charge in [0.05, 0.1) is 25.7 Å². The van der Waals surface area contributed by atoms with Crippen molar-refractivity contribution in [3.8, 4) is 5.75 Å². The Hall–Kier alpha value is -1.30. The van der Waals surface area contributed by atoms with Crippen molar-refractivity contribution in [2.45, 2.75) is 58.0 Å². The second kappa shape index (κ2) is 13.8. The average Bonchev–Trinajstić information content (AvgIpc) is 2.66. The van der Waals surface area contributed by atoms with Crippen molar-refractivity contribution < 1.29 is 19.4 Å². The Morgan fingerprint density at radius 3 is 2.81 bits per heavy atom. The van der Waals surface area contributed by atoms with Crippen LogP contribution in [0.5, 0.6) is 5.75 Å². The number of rotatable bonds is 12. The molecule has 1 aliphatic heterocycles. The van der Waals surface area contributed by atoms with E-state index in [1.807, 2.05) is 12.1 Å². The van der Waals surface area contributed by atoms with Crippen LogP contribution < -0.4 is 4.74 Å². The molecule has 0 amide bonds. The predicted molar refractivity (Wildman–Crippen MR) is 110 cm³/mol. The average molecular weight is 400 g/mol. The minimum absolute atomic E-state index is 0. The maximum absolute atomic E-state index is 10.8. The number of unbranched alkanes of at least 4 members (excludes halogenated alkanes) is 5. The van der Waals surface area contributed by atoms with Gasteiger partial charge in [-0.25, -0.2) is 0 Å². The first-order valence-corrected chi connectivity index (χ1v) is 9.97. The molecule has 0 aromatic heterocycles. The lowest BCUT2D eigenvalue weighted by atomic mass is 10.1. The lowest BCUT2D eigenvalue weighted by Crippen LogP contribution is -2.39. The summed E-state index contributed by atoms with van der Waals surface area (Å²) >= 11 is 0. The fourth-order valence-electron chi connectivity index (χ4n) is 3.24. The van der Waals surface area contributed by atoms with Gasteiger partial charge in [0.15, 0.2) is 0 Å². The van der Waals surface area contributed by atoms with Gasteiger partial charge in [-0.3, -0.25) is 9.69 Å². The van der Waals surface area contributed by atoms with Crippen molar-refractivity contribution in [3.63, 3.8) is 0 Å². The van der Waals surface area contributed by atoms with E-state index in [4.69, 9.17) is 14.6 Å². The smallest absolute Gasteiger partial charge is 0.304 e. The third-order valence-electron chi connectivity index (χ3n) is 4.79. The second-order valence-electron chi connectivity index (χ2n) is 6.99. The zero-order valence-corrected chi connectivity index (χ0v) is 17.2. The highest BCUT2D eigenvalue weighted by Gasteiger charge is 2.22. The Bertz CT molecular complexity index is 541. The summed E-state index contributed by atoms with van der Waals surface area (Å²) in [5.74, 6) is 0.139. The van der Waals surface area contributed by atoms with E-state index in [0.29, 0.717) is 13.2 Å². The Morgan fingerprint density at radius 2 is 2.04 bits per heavy atom. The molecule has 1 aromatic rings. The van der Waals surface area contributed by atoms with E-state index in [9.17, 15) is 4.79 Å². The third kappa shape index (κ3) is 9.45. The SMILES string of the molecule is CCCCCCCCOc1cccc(C2CN(CCC(=O)O)CCO2)c1.Cl. The number of halogens is 1. The van der Waals surface area contributed by atoms with Gasteiger partial charge in [0, 0.05) is 19.6 Å². The van der Waals surface area contributed by atoms with Crippen LogP contribution in [-0.2, 0) is 9.53 Å². The number of ether oxygens (including phenoxy) is 2. The van der Waals surface area contributed by atoms with E-state index in [2.05, 4.69) is 24.0 Å². The fraction of sp³-hybridized carbons (Fsp3) is 0.667. The third-order valence-corrected chi connectivity index (χ3v) is 4.79. The van der Waals surface area contributed by atoms with Crippen LogP contribution in [0, 0.1) is 0 Å². The van der Waals surface area contributed by atoms with Crippen LogP contribution in [0.3, 0.4) is 0 Å². The molecule has 1 aliphatic rings. The summed E-state index contributed by atoms with van der Waals surface area (Å²) in [5.41, 5.74) is 1.10. The largest absolute Gasteiger partial charge is 0.494 e. The Kier molecular flexibility index (Phi) is 12.1. The van der Waals surface area contributed by atoms with Crippen molar-refractivity contribution in [2.75, 3.05) is 32.8 Å². The Labute approximate surface area is 169 Å². The molecular weight excluding hydrogens is 366 g/mol. The van der Waals surface area contributed by atoms with E-state index in [-0.39, 0.29) is 24.9 Å². The summed E-state index contributed by atoms with van der Waals surface area (Å²) in [6.45, 7) is 5.71. The second-order valence-corrected chi connectivity index (χ2v) is 6.99. The molecule has 1 aromatic carbocycles. The molecule has 1 N–H and O–H groups in total. The van der Waals surface area contributed by atoms with Gasteiger partial charge in [-0.2, -0.15) is 0 Å². The zero-order chi connectivity index (χ0) is 18.6. The molecule has 1 unspecified atom stereocenters. The van der Waals surface area contributed by atoms with E-state index in [1.54, 1.807) is 0 Å². The first kappa shape index (κ1) is 23.7. The molecule has 2 rings (SSSR count). The maximum Gasteiger partial charge on any atom is 0.304 e. The van der Waals surface area contributed by atoms with Crippen LogP contribution in [0.2, 0.25) is 0 Å². The first-order valence-electron chi connectivity index (χ1n) is 9.97. The minimum atomic E-state index is -0.752. The van der Waals surface area contributed by atoms with Crippen LogP contribution >= 0.6 is 12.4 Å². The summed E-state index contributed by atoms with van der Waals surface area (Å²) < 4.78 is 11.8. The highest BCUT2D eigenvalue weighted by atomic mass is 35.5. The molecule has 154 valence electrons. The van der Waals surface area contributed by atoms with Crippen LogP contribution in [0.4, 0.5) is 0 Å². The zero-order valence-electron chi connectivity index (χ0n) is 16.4. The number of morpholine rings is 1. The molecule has 1 atom stereocenters. The lowest BCUT2D eigenvalue weighted by molar-refractivity contribution is -0.137. The molecule has 0 radical (unpaired) electrons. The van der Waals surface area contributed by atoms with Gasteiger partial charge in [-0.1, -0.05) is 51.2 Å². The normalized spacial score (nSPS) is 17.3. The Morgan fingerprint density at radius 1 is 1.26 bits per heavy atom. The summed E-state index contributed by atoms with van der Waals surface area (Å²) in [4.78, 5) is 12.9. The monoisotopic (exact) mass is 399 g/mol. The predicted octanol–water partition coefficient (Wildman–Crippen LogP) is 4.70. The van der Waals surface area contributed by atoms with Crippen molar-refractivity contribution in [3.05, 3.63) is 29.8 Å². The van der Waals surface area contributed by atoms with E-state index < -0.39 is 5.97 Å². The van der Waals surface area contributed by atoms with Gasteiger partial charge in [0.1, 0.15) is 5.75 Å². The maximum atomic E-state index is 10.8. The summed E-state index contributed by atoms with van der Waals surface area (Å²) in [5, 5.41) is 8.85. The minimum Gasteiger partial charge on any atom is -0.494 e. The number of aliphatic carboxylic acids is 1. The van der Waals surface area contributed by atoms with E-state index >= 15 is 0 Å². The van der Waals surface area contributed by atoms with Crippen LogP contribution in [0.15, 0.2) is 24.3 Å². The molecule has 0 spiro atoms. The van der Waals surface area contributed by atoms with E-state index in [0.717, 1.165) is 37.4 Å². The Balaban J connectivity index is 0.00000364. The number of benzene rings is 1. The highest BCUT2D eigenvalue weighted by Crippen LogP contribution is 2.25. The number of hydrogen-bond acceptors (Lipinski definition) is 4. The van der Waals surface area contributed by atoms with Crippen molar-refractivity contribution in [1.82, 2.24) is 4.90 Å². The number of carboxylic acid groups (broad SMARTS) is 1. The van der Waals surface area contributed by atoms with Gasteiger partial charge >= 0.3 is 5.97 Å². The number of nitrogens with zero attached hydrogens (tertiary/aromatic N) is 1. The summed E-state index contributed by atoms with van der Waals surface area (Å²) in [6.07, 6.45) is 7.70. The number of hydrogen-bond donors (Lipinski definition) is 1. The quantitative estimate of drug-likeness (QED) is 0.516. The van der Waals surface area contributed by atoms with Crippen LogP contribution in [-0.4, -0.2) is 48.8 Å². The molecule has 0 bridgehead atoms. The summed E-state index contributed by atoms with van der Waals surface area (Å²) in [7, 11) is 0.